The van der Waals surface area contributed by atoms with Gasteiger partial charge in [-0.2, -0.15) is 0 Å². The minimum absolute atomic E-state index is 0.0465. The van der Waals surface area contributed by atoms with Gasteiger partial charge in [-0.05, 0) is 30.7 Å². The number of anilines is 1. The lowest BCUT2D eigenvalue weighted by Crippen LogP contribution is -2.16. The minimum atomic E-state index is -0.447. The standard InChI is InChI=1S/C23H17N3O3/c1-15-21(23(27)25-17-10-6-3-7-11-17)22(16-8-4-2-5-9-16)19-14-18(26(28)29)12-13-20(19)24-15/h2-14H,1H3,(H,25,27). The van der Waals surface area contributed by atoms with Gasteiger partial charge in [0.25, 0.3) is 11.6 Å². The highest BCUT2D eigenvalue weighted by atomic mass is 16.6. The van der Waals surface area contributed by atoms with Crippen LogP contribution >= 0.6 is 0 Å². The van der Waals surface area contributed by atoms with Gasteiger partial charge in [0.2, 0.25) is 0 Å². The molecule has 0 radical (unpaired) electrons. The van der Waals surface area contributed by atoms with Crippen molar-refractivity contribution in [3.63, 3.8) is 0 Å². The van der Waals surface area contributed by atoms with Gasteiger partial charge in [-0.3, -0.25) is 19.9 Å². The third kappa shape index (κ3) is 3.55. The summed E-state index contributed by atoms with van der Waals surface area (Å²) in [7, 11) is 0. The summed E-state index contributed by atoms with van der Waals surface area (Å²) >= 11 is 0. The minimum Gasteiger partial charge on any atom is -0.322 e. The van der Waals surface area contributed by atoms with E-state index in [1.807, 2.05) is 48.5 Å². The molecule has 6 nitrogen and oxygen atoms in total. The van der Waals surface area contributed by atoms with E-state index in [4.69, 9.17) is 0 Å². The highest BCUT2D eigenvalue weighted by molar-refractivity contribution is 6.14. The van der Waals surface area contributed by atoms with E-state index in [2.05, 4.69) is 10.3 Å². The maximum Gasteiger partial charge on any atom is 0.270 e. The van der Waals surface area contributed by atoms with Crippen LogP contribution in [0.15, 0.2) is 78.9 Å². The van der Waals surface area contributed by atoms with Crippen LogP contribution in [0, 0.1) is 17.0 Å². The Labute approximate surface area is 167 Å². The fourth-order valence-corrected chi connectivity index (χ4v) is 3.39. The Morgan fingerprint density at radius 3 is 2.28 bits per heavy atom. The Morgan fingerprint density at radius 2 is 1.62 bits per heavy atom. The van der Waals surface area contributed by atoms with Gasteiger partial charge >= 0.3 is 0 Å². The van der Waals surface area contributed by atoms with Gasteiger partial charge in [0, 0.05) is 28.8 Å². The summed E-state index contributed by atoms with van der Waals surface area (Å²) in [6, 6.07) is 23.0. The number of benzene rings is 3. The van der Waals surface area contributed by atoms with Crippen molar-refractivity contribution in [2.24, 2.45) is 0 Å². The molecule has 1 N–H and O–H groups in total. The highest BCUT2D eigenvalue weighted by Crippen LogP contribution is 2.35. The summed E-state index contributed by atoms with van der Waals surface area (Å²) in [6.07, 6.45) is 0. The zero-order chi connectivity index (χ0) is 20.4. The molecule has 4 rings (SSSR count). The SMILES string of the molecule is Cc1nc2ccc([N+](=O)[O-])cc2c(-c2ccccc2)c1C(=O)Nc1ccccc1. The van der Waals surface area contributed by atoms with Gasteiger partial charge in [0.05, 0.1) is 21.7 Å². The van der Waals surface area contributed by atoms with E-state index >= 15 is 0 Å². The molecule has 1 amide bonds. The number of aryl methyl sites for hydroxylation is 1. The zero-order valence-corrected chi connectivity index (χ0v) is 15.6. The molecule has 0 unspecified atom stereocenters. The summed E-state index contributed by atoms with van der Waals surface area (Å²) in [5, 5.41) is 14.8. The van der Waals surface area contributed by atoms with Crippen LogP contribution in [0.25, 0.3) is 22.0 Å². The lowest BCUT2D eigenvalue weighted by molar-refractivity contribution is -0.384. The third-order valence-electron chi connectivity index (χ3n) is 4.68. The number of amides is 1. The van der Waals surface area contributed by atoms with E-state index in [-0.39, 0.29) is 11.6 Å². The number of carbonyl (C=O) groups excluding carboxylic acids is 1. The molecule has 0 saturated heterocycles. The normalized spacial score (nSPS) is 10.7. The number of fused-ring (bicyclic) bond motifs is 1. The molecule has 0 atom stereocenters. The third-order valence-corrected chi connectivity index (χ3v) is 4.68. The Bertz CT molecular complexity index is 1220. The van der Waals surface area contributed by atoms with Crippen LogP contribution in [0.5, 0.6) is 0 Å². The molecule has 0 spiro atoms. The number of hydrogen-bond acceptors (Lipinski definition) is 4. The average molecular weight is 383 g/mol. The van der Waals surface area contributed by atoms with E-state index in [0.29, 0.717) is 33.4 Å². The van der Waals surface area contributed by atoms with Crippen molar-refractivity contribution in [1.82, 2.24) is 4.98 Å². The molecule has 142 valence electrons. The number of nitro groups is 1. The molecule has 0 fully saturated rings. The Hall–Kier alpha value is -4.06. The number of pyridine rings is 1. The molecule has 1 heterocycles. The lowest BCUT2D eigenvalue weighted by Gasteiger charge is -2.16. The Kier molecular flexibility index (Phi) is 4.75. The van der Waals surface area contributed by atoms with Crippen LogP contribution < -0.4 is 5.32 Å². The van der Waals surface area contributed by atoms with Gasteiger partial charge in [-0.25, -0.2) is 0 Å². The monoisotopic (exact) mass is 383 g/mol. The first-order valence-electron chi connectivity index (χ1n) is 9.05. The summed E-state index contributed by atoms with van der Waals surface area (Å²) in [5.41, 5.74) is 3.59. The topological polar surface area (TPSA) is 85.1 Å². The summed E-state index contributed by atoms with van der Waals surface area (Å²) in [6.45, 7) is 1.77. The van der Waals surface area contributed by atoms with Crippen molar-refractivity contribution in [3.8, 4) is 11.1 Å². The number of nitrogens with one attached hydrogen (secondary N) is 1. The summed E-state index contributed by atoms with van der Waals surface area (Å²) < 4.78 is 0. The van der Waals surface area contributed by atoms with Gasteiger partial charge in [0.1, 0.15) is 0 Å². The molecule has 0 bridgehead atoms. The number of non-ortho nitro benzene ring substituents is 1. The maximum atomic E-state index is 13.2. The van der Waals surface area contributed by atoms with Crippen LogP contribution in [0.2, 0.25) is 0 Å². The molecule has 0 aliphatic rings. The number of nitrogens with zero attached hydrogens (tertiary/aromatic N) is 2. The molecular weight excluding hydrogens is 366 g/mol. The second-order valence-corrected chi connectivity index (χ2v) is 6.59. The summed E-state index contributed by atoms with van der Waals surface area (Å²) in [5.74, 6) is -0.312. The number of hydrogen-bond donors (Lipinski definition) is 1. The number of carbonyl (C=O) groups is 1. The molecule has 3 aromatic carbocycles. The summed E-state index contributed by atoms with van der Waals surface area (Å²) in [4.78, 5) is 28.6. The number of para-hydroxylation sites is 1. The van der Waals surface area contributed by atoms with Crippen molar-refractivity contribution in [2.45, 2.75) is 6.92 Å². The van der Waals surface area contributed by atoms with Crippen molar-refractivity contribution >= 4 is 28.2 Å². The predicted molar refractivity (Wildman–Crippen MR) is 113 cm³/mol. The Balaban J connectivity index is 1.98. The quantitative estimate of drug-likeness (QED) is 0.379. The van der Waals surface area contributed by atoms with Crippen molar-refractivity contribution in [3.05, 3.63) is 100 Å². The largest absolute Gasteiger partial charge is 0.322 e. The Morgan fingerprint density at radius 1 is 0.966 bits per heavy atom. The fraction of sp³-hybridized carbons (Fsp3) is 0.0435. The van der Waals surface area contributed by atoms with Gasteiger partial charge in [-0.15, -0.1) is 0 Å². The van der Waals surface area contributed by atoms with E-state index < -0.39 is 4.92 Å². The molecule has 1 aromatic heterocycles. The average Bonchev–Trinajstić information content (AvgIpc) is 2.73. The first-order valence-corrected chi connectivity index (χ1v) is 9.05. The van der Waals surface area contributed by atoms with Gasteiger partial charge in [-0.1, -0.05) is 48.5 Å². The number of nitro benzene ring substituents is 1. The second-order valence-electron chi connectivity index (χ2n) is 6.59. The van der Waals surface area contributed by atoms with E-state index in [0.717, 1.165) is 5.56 Å². The van der Waals surface area contributed by atoms with Crippen LogP contribution in [0.1, 0.15) is 16.1 Å². The van der Waals surface area contributed by atoms with Gasteiger partial charge in [0.15, 0.2) is 0 Å². The highest BCUT2D eigenvalue weighted by Gasteiger charge is 2.22. The number of aromatic nitrogens is 1. The van der Waals surface area contributed by atoms with E-state index in [9.17, 15) is 14.9 Å². The number of rotatable bonds is 4. The van der Waals surface area contributed by atoms with Crippen LogP contribution in [-0.4, -0.2) is 15.8 Å². The van der Waals surface area contributed by atoms with E-state index in [1.165, 1.54) is 12.1 Å². The molecule has 6 heteroatoms. The van der Waals surface area contributed by atoms with Crippen LogP contribution in [0.3, 0.4) is 0 Å². The predicted octanol–water partition coefficient (Wildman–Crippen LogP) is 5.37. The first-order chi connectivity index (χ1) is 14.0. The zero-order valence-electron chi connectivity index (χ0n) is 15.6. The maximum absolute atomic E-state index is 13.2. The van der Waals surface area contributed by atoms with Crippen LogP contribution in [0.4, 0.5) is 11.4 Å². The fourth-order valence-electron chi connectivity index (χ4n) is 3.39. The van der Waals surface area contributed by atoms with Crippen molar-refractivity contribution in [2.75, 3.05) is 5.32 Å². The van der Waals surface area contributed by atoms with E-state index in [1.54, 1.807) is 25.1 Å². The second kappa shape index (κ2) is 7.52. The molecule has 0 saturated carbocycles. The molecule has 4 aromatic rings. The molecular formula is C23H17N3O3. The smallest absolute Gasteiger partial charge is 0.270 e. The molecule has 29 heavy (non-hydrogen) atoms. The first kappa shape index (κ1) is 18.3. The molecule has 0 aliphatic heterocycles. The lowest BCUT2D eigenvalue weighted by atomic mass is 9.93. The van der Waals surface area contributed by atoms with Crippen LogP contribution in [-0.2, 0) is 0 Å². The van der Waals surface area contributed by atoms with Gasteiger partial charge < -0.3 is 5.32 Å². The molecule has 0 aliphatic carbocycles. The van der Waals surface area contributed by atoms with Crippen molar-refractivity contribution in [1.29, 1.82) is 0 Å². The van der Waals surface area contributed by atoms with Crippen molar-refractivity contribution < 1.29 is 9.72 Å².